The summed E-state index contributed by atoms with van der Waals surface area (Å²) < 4.78 is 5.36. The Morgan fingerprint density at radius 3 is 2.95 bits per heavy atom. The van der Waals surface area contributed by atoms with Crippen LogP contribution in [0.15, 0.2) is 18.3 Å². The molecule has 4 rings (SSSR count). The number of morpholine rings is 1. The number of Topliss-reactive ketones (excluding diaryl/α,β-unsaturated/α-hetero) is 1. The lowest BCUT2D eigenvalue weighted by Gasteiger charge is -2.27. The monoisotopic (exact) mass is 270 g/mol. The molecule has 0 aliphatic carbocycles. The fourth-order valence-corrected chi connectivity index (χ4v) is 2.68. The Balaban J connectivity index is 1.83. The quantitative estimate of drug-likeness (QED) is 0.836. The number of carbonyl (C=O) groups is 1. The Hall–Kier alpha value is -2.21. The molecule has 6 heteroatoms. The van der Waals surface area contributed by atoms with Crippen LogP contribution >= 0.6 is 0 Å². The van der Waals surface area contributed by atoms with E-state index in [4.69, 9.17) is 9.72 Å². The van der Waals surface area contributed by atoms with Gasteiger partial charge in [-0.2, -0.15) is 0 Å². The van der Waals surface area contributed by atoms with Crippen LogP contribution in [0.1, 0.15) is 10.4 Å². The second-order valence-corrected chi connectivity index (χ2v) is 4.96. The first-order valence-corrected chi connectivity index (χ1v) is 6.72. The highest BCUT2D eigenvalue weighted by Gasteiger charge is 2.23. The van der Waals surface area contributed by atoms with Crippen LogP contribution in [-0.4, -0.2) is 48.6 Å². The molecule has 0 bridgehead atoms. The second kappa shape index (κ2) is 4.42. The molecule has 1 N–H and O–H groups in total. The maximum Gasteiger partial charge on any atom is 0.185 e. The van der Waals surface area contributed by atoms with E-state index in [2.05, 4.69) is 15.2 Å². The van der Waals surface area contributed by atoms with E-state index in [1.807, 2.05) is 12.1 Å². The molecule has 2 aromatic rings. The molecular formula is C14H14N4O2. The van der Waals surface area contributed by atoms with Crippen molar-refractivity contribution in [1.29, 1.82) is 0 Å². The number of pyridine rings is 2. The summed E-state index contributed by atoms with van der Waals surface area (Å²) in [6, 6.07) is 3.93. The molecule has 1 saturated heterocycles. The normalized spacial score (nSPS) is 18.2. The number of fused-ring (bicyclic) bond motifs is 3. The van der Waals surface area contributed by atoms with Gasteiger partial charge in [0, 0.05) is 19.3 Å². The Kier molecular flexibility index (Phi) is 2.56. The predicted octanol–water partition coefficient (Wildman–Crippen LogP) is 1.07. The van der Waals surface area contributed by atoms with E-state index in [9.17, 15) is 4.79 Å². The largest absolute Gasteiger partial charge is 0.378 e. The Labute approximate surface area is 115 Å². The molecule has 6 nitrogen and oxygen atoms in total. The molecule has 102 valence electrons. The van der Waals surface area contributed by atoms with Gasteiger partial charge in [0.05, 0.1) is 36.5 Å². The van der Waals surface area contributed by atoms with Gasteiger partial charge in [-0.3, -0.25) is 9.78 Å². The molecule has 2 aliphatic heterocycles. The van der Waals surface area contributed by atoms with Crippen LogP contribution in [0.5, 0.6) is 0 Å². The minimum Gasteiger partial charge on any atom is -0.378 e. The minimum atomic E-state index is 0.0768. The zero-order chi connectivity index (χ0) is 13.5. The topological polar surface area (TPSA) is 67.4 Å². The van der Waals surface area contributed by atoms with Gasteiger partial charge < -0.3 is 15.0 Å². The van der Waals surface area contributed by atoms with Crippen molar-refractivity contribution in [3.05, 3.63) is 23.9 Å². The molecule has 0 spiro atoms. The fourth-order valence-electron chi connectivity index (χ4n) is 2.68. The summed E-state index contributed by atoms with van der Waals surface area (Å²) >= 11 is 0. The molecule has 0 amide bonds. The first-order chi connectivity index (χ1) is 9.83. The van der Waals surface area contributed by atoms with Crippen molar-refractivity contribution in [2.45, 2.75) is 0 Å². The number of hydrogen-bond donors (Lipinski definition) is 1. The van der Waals surface area contributed by atoms with Crippen LogP contribution in [0, 0.1) is 0 Å². The summed E-state index contributed by atoms with van der Waals surface area (Å²) in [4.78, 5) is 23.0. The average molecular weight is 270 g/mol. The first-order valence-electron chi connectivity index (χ1n) is 6.72. The van der Waals surface area contributed by atoms with Crippen LogP contribution in [0.2, 0.25) is 0 Å². The van der Waals surface area contributed by atoms with Crippen molar-refractivity contribution < 1.29 is 9.53 Å². The van der Waals surface area contributed by atoms with Gasteiger partial charge >= 0.3 is 0 Å². The number of nitrogens with zero attached hydrogens (tertiary/aromatic N) is 3. The third-order valence-corrected chi connectivity index (χ3v) is 3.76. The smallest absolute Gasteiger partial charge is 0.185 e. The van der Waals surface area contributed by atoms with E-state index in [-0.39, 0.29) is 5.78 Å². The van der Waals surface area contributed by atoms with Crippen LogP contribution in [0.3, 0.4) is 0 Å². The predicted molar refractivity (Wildman–Crippen MR) is 75.4 cm³/mol. The SMILES string of the molecule is O=C1CNc2c1cnc1ccc(N3CCOCC3)nc21. The standard InChI is InChI=1S/C14H14N4O2/c19-11-8-16-13-9(11)7-15-10-1-2-12(17-14(10)13)18-3-5-20-6-4-18/h1-2,7,16H,3-6,8H2. The van der Waals surface area contributed by atoms with Crippen LogP contribution in [-0.2, 0) is 4.74 Å². The minimum absolute atomic E-state index is 0.0768. The molecule has 0 unspecified atom stereocenters. The number of ether oxygens (including phenoxy) is 1. The van der Waals surface area contributed by atoms with Crippen molar-refractivity contribution >= 4 is 28.3 Å². The third-order valence-electron chi connectivity index (χ3n) is 3.76. The van der Waals surface area contributed by atoms with E-state index in [0.717, 1.165) is 48.8 Å². The van der Waals surface area contributed by atoms with Crippen LogP contribution in [0.4, 0.5) is 11.5 Å². The third kappa shape index (κ3) is 1.72. The molecule has 2 aromatic heterocycles. The summed E-state index contributed by atoms with van der Waals surface area (Å²) in [5.41, 5.74) is 3.04. The molecule has 0 saturated carbocycles. The molecule has 2 aliphatic rings. The van der Waals surface area contributed by atoms with Crippen molar-refractivity contribution in [1.82, 2.24) is 9.97 Å². The molecule has 4 heterocycles. The van der Waals surface area contributed by atoms with Crippen LogP contribution < -0.4 is 10.2 Å². The van der Waals surface area contributed by atoms with Gasteiger partial charge in [0.15, 0.2) is 5.78 Å². The summed E-state index contributed by atoms with van der Waals surface area (Å²) in [5, 5.41) is 3.13. The number of hydrogen-bond acceptors (Lipinski definition) is 6. The first kappa shape index (κ1) is 11.6. The highest BCUT2D eigenvalue weighted by Crippen LogP contribution is 2.30. The zero-order valence-corrected chi connectivity index (χ0v) is 10.9. The van der Waals surface area contributed by atoms with Gasteiger partial charge in [-0.25, -0.2) is 4.98 Å². The van der Waals surface area contributed by atoms with Crippen LogP contribution in [0.25, 0.3) is 11.0 Å². The highest BCUT2D eigenvalue weighted by atomic mass is 16.5. The summed E-state index contributed by atoms with van der Waals surface area (Å²) in [6.07, 6.45) is 1.64. The van der Waals surface area contributed by atoms with Gasteiger partial charge in [-0.05, 0) is 12.1 Å². The van der Waals surface area contributed by atoms with E-state index in [1.54, 1.807) is 6.20 Å². The lowest BCUT2D eigenvalue weighted by molar-refractivity contribution is 0.101. The molecular weight excluding hydrogens is 256 g/mol. The maximum atomic E-state index is 11.7. The summed E-state index contributed by atoms with van der Waals surface area (Å²) in [6.45, 7) is 3.46. The Morgan fingerprint density at radius 1 is 1.25 bits per heavy atom. The fraction of sp³-hybridized carbons (Fsp3) is 0.357. The van der Waals surface area contributed by atoms with Gasteiger partial charge in [-0.1, -0.05) is 0 Å². The van der Waals surface area contributed by atoms with Gasteiger partial charge in [-0.15, -0.1) is 0 Å². The van der Waals surface area contributed by atoms with E-state index >= 15 is 0 Å². The molecule has 0 aromatic carbocycles. The zero-order valence-electron chi connectivity index (χ0n) is 10.9. The lowest BCUT2D eigenvalue weighted by atomic mass is 10.2. The average Bonchev–Trinajstić information content (AvgIpc) is 2.89. The van der Waals surface area contributed by atoms with E-state index < -0.39 is 0 Å². The van der Waals surface area contributed by atoms with E-state index in [0.29, 0.717) is 12.1 Å². The summed E-state index contributed by atoms with van der Waals surface area (Å²) in [5.74, 6) is 0.991. The number of ketones is 1. The number of anilines is 2. The Bertz CT molecular complexity index is 695. The number of aromatic nitrogens is 2. The molecule has 0 radical (unpaired) electrons. The molecule has 20 heavy (non-hydrogen) atoms. The Morgan fingerprint density at radius 2 is 2.10 bits per heavy atom. The van der Waals surface area contributed by atoms with Crippen molar-refractivity contribution in [2.75, 3.05) is 43.1 Å². The maximum absolute atomic E-state index is 11.7. The highest BCUT2D eigenvalue weighted by molar-refractivity contribution is 6.13. The van der Waals surface area contributed by atoms with Gasteiger partial charge in [0.1, 0.15) is 11.3 Å². The van der Waals surface area contributed by atoms with E-state index in [1.165, 1.54) is 0 Å². The molecule has 0 atom stereocenters. The van der Waals surface area contributed by atoms with Gasteiger partial charge in [0.2, 0.25) is 0 Å². The summed E-state index contributed by atoms with van der Waals surface area (Å²) in [7, 11) is 0. The van der Waals surface area contributed by atoms with Crippen molar-refractivity contribution in [3.8, 4) is 0 Å². The number of rotatable bonds is 1. The number of nitrogens with one attached hydrogen (secondary N) is 1. The van der Waals surface area contributed by atoms with Gasteiger partial charge in [0.25, 0.3) is 0 Å². The molecule has 1 fully saturated rings. The number of carbonyl (C=O) groups excluding carboxylic acids is 1. The lowest BCUT2D eigenvalue weighted by Crippen LogP contribution is -2.36. The van der Waals surface area contributed by atoms with Crippen molar-refractivity contribution in [2.24, 2.45) is 0 Å². The second-order valence-electron chi connectivity index (χ2n) is 4.96. The van der Waals surface area contributed by atoms with Crippen molar-refractivity contribution in [3.63, 3.8) is 0 Å².